The van der Waals surface area contributed by atoms with Crippen LogP contribution < -0.4 is 11.1 Å². The van der Waals surface area contributed by atoms with Gasteiger partial charge in [0.25, 0.3) is 5.91 Å². The average molecular weight is 318 g/mol. The highest BCUT2D eigenvalue weighted by Crippen LogP contribution is 2.35. The molecule has 0 radical (unpaired) electrons. The molecule has 0 aliphatic rings. The summed E-state index contributed by atoms with van der Waals surface area (Å²) in [5, 5.41) is 2.86. The second-order valence-corrected chi connectivity index (χ2v) is 4.75. The molecule has 0 heterocycles. The van der Waals surface area contributed by atoms with Crippen molar-refractivity contribution in [1.29, 1.82) is 0 Å². The van der Waals surface area contributed by atoms with Crippen LogP contribution in [0.1, 0.15) is 46.5 Å². The Labute approximate surface area is 125 Å². The molecule has 3 N–H and O–H groups in total. The fraction of sp³-hybridized carbons (Fsp3) is 0.429. The zero-order chi connectivity index (χ0) is 17.1. The maximum absolute atomic E-state index is 13.1. The minimum atomic E-state index is -4.82. The van der Waals surface area contributed by atoms with Crippen LogP contribution >= 0.6 is 0 Å². The first-order valence-electron chi connectivity index (χ1n) is 6.51. The molecule has 122 valence electrons. The van der Waals surface area contributed by atoms with Crippen molar-refractivity contribution in [3.63, 3.8) is 0 Å². The highest BCUT2D eigenvalue weighted by molar-refractivity contribution is 6.02. The van der Waals surface area contributed by atoms with Crippen molar-refractivity contribution >= 4 is 17.6 Å². The topological polar surface area (TPSA) is 81.4 Å². The van der Waals surface area contributed by atoms with Crippen LogP contribution in [-0.2, 0) is 10.9 Å². The number of amides is 1. The second kappa shape index (κ2) is 6.67. The zero-order valence-electron chi connectivity index (χ0n) is 12.4. The van der Waals surface area contributed by atoms with Crippen molar-refractivity contribution in [2.75, 3.05) is 12.4 Å². The third kappa shape index (κ3) is 3.90. The molecular formula is C14H17F3N2O3. The van der Waals surface area contributed by atoms with Crippen LogP contribution in [0.2, 0.25) is 0 Å². The highest BCUT2D eigenvalue weighted by atomic mass is 19.4. The molecule has 1 aromatic rings. The predicted molar refractivity (Wildman–Crippen MR) is 74.7 cm³/mol. The number of nitrogens with two attached hydrogens (primary N) is 1. The number of hydrogen-bond acceptors (Lipinski definition) is 4. The van der Waals surface area contributed by atoms with Gasteiger partial charge in [0.2, 0.25) is 0 Å². The van der Waals surface area contributed by atoms with E-state index in [1.807, 2.05) is 6.92 Å². The van der Waals surface area contributed by atoms with Crippen LogP contribution in [0.15, 0.2) is 12.1 Å². The van der Waals surface area contributed by atoms with Gasteiger partial charge >= 0.3 is 12.1 Å². The number of primary amides is 1. The Hall–Kier alpha value is -2.25. The minimum Gasteiger partial charge on any atom is -0.465 e. The van der Waals surface area contributed by atoms with E-state index in [9.17, 15) is 22.8 Å². The van der Waals surface area contributed by atoms with Crippen LogP contribution in [0, 0.1) is 0 Å². The number of esters is 1. The molecule has 0 saturated heterocycles. The van der Waals surface area contributed by atoms with Gasteiger partial charge in [0.15, 0.2) is 0 Å². The number of carbonyl (C=O) groups is 2. The van der Waals surface area contributed by atoms with Crippen LogP contribution in [-0.4, -0.2) is 25.0 Å². The second-order valence-electron chi connectivity index (χ2n) is 4.75. The Morgan fingerprint density at radius 2 is 1.91 bits per heavy atom. The van der Waals surface area contributed by atoms with E-state index < -0.39 is 29.2 Å². The van der Waals surface area contributed by atoms with Crippen molar-refractivity contribution in [2.24, 2.45) is 5.73 Å². The SMILES string of the molecule is CCC(C)Nc1cc(C(=O)OC)c(C(F)(F)F)cc1C(N)=O. The standard InChI is InChI=1S/C14H17F3N2O3/c1-4-7(2)19-11-6-8(13(21)22-3)10(14(15,16)17)5-9(11)12(18)20/h5-7,19H,4H2,1-3H3,(H2,18,20). The average Bonchev–Trinajstić information content (AvgIpc) is 2.44. The fourth-order valence-corrected chi connectivity index (χ4v) is 1.80. The highest BCUT2D eigenvalue weighted by Gasteiger charge is 2.37. The number of halogens is 3. The van der Waals surface area contributed by atoms with Gasteiger partial charge in [-0.05, 0) is 25.5 Å². The summed E-state index contributed by atoms with van der Waals surface area (Å²) in [6.07, 6.45) is -4.16. The van der Waals surface area contributed by atoms with E-state index in [1.165, 1.54) is 0 Å². The number of alkyl halides is 3. The van der Waals surface area contributed by atoms with Crippen LogP contribution in [0.25, 0.3) is 0 Å². The van der Waals surface area contributed by atoms with Gasteiger partial charge in [-0.15, -0.1) is 0 Å². The lowest BCUT2D eigenvalue weighted by Gasteiger charge is -2.19. The van der Waals surface area contributed by atoms with Crippen molar-refractivity contribution in [3.05, 3.63) is 28.8 Å². The molecular weight excluding hydrogens is 301 g/mol. The van der Waals surface area contributed by atoms with Crippen molar-refractivity contribution in [2.45, 2.75) is 32.5 Å². The molecule has 0 aromatic heterocycles. The normalized spacial score (nSPS) is 12.6. The van der Waals surface area contributed by atoms with E-state index >= 15 is 0 Å². The van der Waals surface area contributed by atoms with Crippen molar-refractivity contribution in [3.8, 4) is 0 Å². The molecule has 5 nitrogen and oxygen atoms in total. The summed E-state index contributed by atoms with van der Waals surface area (Å²) >= 11 is 0. The molecule has 1 rings (SSSR count). The summed E-state index contributed by atoms with van der Waals surface area (Å²) in [5.74, 6) is -2.16. The van der Waals surface area contributed by atoms with Gasteiger partial charge in [-0.3, -0.25) is 4.79 Å². The largest absolute Gasteiger partial charge is 0.465 e. The van der Waals surface area contributed by atoms with Crippen molar-refractivity contribution < 1.29 is 27.5 Å². The lowest BCUT2D eigenvalue weighted by molar-refractivity contribution is -0.138. The molecule has 1 atom stereocenters. The first-order chi connectivity index (χ1) is 10.1. The van der Waals surface area contributed by atoms with E-state index in [0.717, 1.165) is 13.2 Å². The number of ether oxygens (including phenoxy) is 1. The number of methoxy groups -OCH3 is 1. The quantitative estimate of drug-likeness (QED) is 0.818. The Morgan fingerprint density at radius 3 is 2.32 bits per heavy atom. The van der Waals surface area contributed by atoms with Gasteiger partial charge in [0, 0.05) is 11.7 Å². The molecule has 0 aliphatic heterocycles. The molecule has 1 aromatic carbocycles. The number of rotatable bonds is 5. The molecule has 22 heavy (non-hydrogen) atoms. The van der Waals surface area contributed by atoms with E-state index in [2.05, 4.69) is 10.1 Å². The van der Waals surface area contributed by atoms with E-state index in [1.54, 1.807) is 6.92 Å². The van der Waals surface area contributed by atoms with Crippen LogP contribution in [0.5, 0.6) is 0 Å². The van der Waals surface area contributed by atoms with Crippen LogP contribution in [0.3, 0.4) is 0 Å². The van der Waals surface area contributed by atoms with E-state index in [0.29, 0.717) is 12.5 Å². The molecule has 0 spiro atoms. The molecule has 0 fully saturated rings. The summed E-state index contributed by atoms with van der Waals surface area (Å²) in [4.78, 5) is 23.0. The lowest BCUT2D eigenvalue weighted by atomic mass is 10.00. The van der Waals surface area contributed by atoms with Gasteiger partial charge in [-0.2, -0.15) is 13.2 Å². The number of benzene rings is 1. The van der Waals surface area contributed by atoms with Gasteiger partial charge in [0.05, 0.1) is 23.8 Å². The monoisotopic (exact) mass is 318 g/mol. The molecule has 1 amide bonds. The van der Waals surface area contributed by atoms with Gasteiger partial charge in [-0.1, -0.05) is 6.92 Å². The number of anilines is 1. The molecule has 0 bridgehead atoms. The summed E-state index contributed by atoms with van der Waals surface area (Å²) in [7, 11) is 0.978. The summed E-state index contributed by atoms with van der Waals surface area (Å²) in [5.41, 5.74) is 2.94. The van der Waals surface area contributed by atoms with Gasteiger partial charge in [-0.25, -0.2) is 4.79 Å². The third-order valence-corrected chi connectivity index (χ3v) is 3.15. The molecule has 8 heteroatoms. The Bertz CT molecular complexity index is 585. The zero-order valence-corrected chi connectivity index (χ0v) is 12.4. The maximum atomic E-state index is 13.1. The minimum absolute atomic E-state index is 0.0650. The van der Waals surface area contributed by atoms with Gasteiger partial charge in [0.1, 0.15) is 0 Å². The molecule has 1 unspecified atom stereocenters. The molecule has 0 saturated carbocycles. The number of carbonyl (C=O) groups excluding carboxylic acids is 2. The first kappa shape index (κ1) is 17.8. The predicted octanol–water partition coefficient (Wildman–Crippen LogP) is 2.80. The summed E-state index contributed by atoms with van der Waals surface area (Å²) in [6, 6.07) is 1.39. The fourth-order valence-electron chi connectivity index (χ4n) is 1.80. The Morgan fingerprint density at radius 1 is 1.32 bits per heavy atom. The summed E-state index contributed by atoms with van der Waals surface area (Å²) < 4.78 is 43.6. The Kier molecular flexibility index (Phi) is 5.40. The Balaban J connectivity index is 3.57. The van der Waals surface area contributed by atoms with Gasteiger partial charge < -0.3 is 15.8 Å². The smallest absolute Gasteiger partial charge is 0.417 e. The number of hydrogen-bond donors (Lipinski definition) is 2. The third-order valence-electron chi connectivity index (χ3n) is 3.15. The lowest BCUT2D eigenvalue weighted by Crippen LogP contribution is -2.23. The van der Waals surface area contributed by atoms with E-state index in [4.69, 9.17) is 5.73 Å². The van der Waals surface area contributed by atoms with E-state index in [-0.39, 0.29) is 17.3 Å². The first-order valence-corrected chi connectivity index (χ1v) is 6.51. The maximum Gasteiger partial charge on any atom is 0.417 e. The summed E-state index contributed by atoms with van der Waals surface area (Å²) in [6.45, 7) is 3.63. The van der Waals surface area contributed by atoms with Crippen LogP contribution in [0.4, 0.5) is 18.9 Å². The molecule has 0 aliphatic carbocycles. The van der Waals surface area contributed by atoms with Crippen molar-refractivity contribution in [1.82, 2.24) is 0 Å². The number of nitrogens with one attached hydrogen (secondary N) is 1.